The summed E-state index contributed by atoms with van der Waals surface area (Å²) in [5.74, 6) is 0.186. The van der Waals surface area contributed by atoms with Crippen LogP contribution in [0.1, 0.15) is 52.5 Å². The molecule has 2 aromatic heterocycles. The van der Waals surface area contributed by atoms with Gasteiger partial charge in [0.1, 0.15) is 5.82 Å². The van der Waals surface area contributed by atoms with Crippen LogP contribution in [-0.4, -0.2) is 39.1 Å². The summed E-state index contributed by atoms with van der Waals surface area (Å²) in [5, 5.41) is 8.25. The number of amides is 1. The number of carbonyl (C=O) groups excluding carboxylic acids is 1. The van der Waals surface area contributed by atoms with E-state index >= 15 is 0 Å². The van der Waals surface area contributed by atoms with E-state index in [2.05, 4.69) is 15.2 Å². The van der Waals surface area contributed by atoms with E-state index in [-0.39, 0.29) is 11.7 Å². The quantitative estimate of drug-likeness (QED) is 0.741. The molecule has 0 unspecified atom stereocenters. The zero-order valence-corrected chi connectivity index (χ0v) is 14.5. The van der Waals surface area contributed by atoms with E-state index in [1.807, 2.05) is 11.1 Å². The van der Waals surface area contributed by atoms with Crippen LogP contribution in [0.3, 0.4) is 0 Å². The van der Waals surface area contributed by atoms with E-state index in [4.69, 9.17) is 0 Å². The van der Waals surface area contributed by atoms with Crippen LogP contribution in [0.5, 0.6) is 0 Å². The third-order valence-electron chi connectivity index (χ3n) is 5.91. The summed E-state index contributed by atoms with van der Waals surface area (Å²) >= 11 is 0. The van der Waals surface area contributed by atoms with Crippen LogP contribution < -0.4 is 0 Å². The monoisotopic (exact) mass is 352 g/mol. The molecule has 1 aliphatic carbocycles. The van der Waals surface area contributed by atoms with E-state index < -0.39 is 0 Å². The molecule has 1 amide bonds. The van der Waals surface area contributed by atoms with Gasteiger partial charge in [0.2, 0.25) is 0 Å². The molecule has 0 bridgehead atoms. The lowest BCUT2D eigenvalue weighted by molar-refractivity contribution is 0.0706. The van der Waals surface area contributed by atoms with Crippen molar-refractivity contribution in [2.75, 3.05) is 13.1 Å². The van der Waals surface area contributed by atoms with Crippen molar-refractivity contribution in [3.05, 3.63) is 52.7 Å². The predicted molar refractivity (Wildman–Crippen MR) is 96.7 cm³/mol. The summed E-state index contributed by atoms with van der Waals surface area (Å²) in [7, 11) is 0. The van der Waals surface area contributed by atoms with Gasteiger partial charge < -0.3 is 9.88 Å². The number of nitrogens with one attached hydrogen (secondary N) is 2. The fourth-order valence-electron chi connectivity index (χ4n) is 4.49. The molecule has 134 valence electrons. The summed E-state index contributed by atoms with van der Waals surface area (Å²) < 4.78 is 13.6. The van der Waals surface area contributed by atoms with Crippen LogP contribution in [-0.2, 0) is 12.8 Å². The highest BCUT2D eigenvalue weighted by Gasteiger charge is 2.30. The summed E-state index contributed by atoms with van der Waals surface area (Å²) in [6.07, 6.45) is 6.82. The minimum Gasteiger partial charge on any atom is -0.361 e. The summed E-state index contributed by atoms with van der Waals surface area (Å²) in [6, 6.07) is 4.86. The zero-order chi connectivity index (χ0) is 17.7. The third kappa shape index (κ3) is 2.43. The number of aromatic amines is 2. The molecule has 0 atom stereocenters. The van der Waals surface area contributed by atoms with Gasteiger partial charge in [-0.2, -0.15) is 5.10 Å². The first-order valence-corrected chi connectivity index (χ1v) is 9.32. The molecular weight excluding hydrogens is 331 g/mol. The number of carbonyl (C=O) groups is 1. The molecule has 3 heterocycles. The second kappa shape index (κ2) is 5.97. The Morgan fingerprint density at radius 2 is 2.08 bits per heavy atom. The summed E-state index contributed by atoms with van der Waals surface area (Å²) in [6.45, 7) is 1.43. The maximum atomic E-state index is 13.6. The van der Waals surface area contributed by atoms with Crippen LogP contribution in [0, 0.1) is 5.82 Å². The molecular formula is C20H21FN4O. The highest BCUT2D eigenvalue weighted by atomic mass is 19.1. The van der Waals surface area contributed by atoms with Crippen molar-refractivity contribution in [1.29, 1.82) is 0 Å². The number of fused-ring (bicyclic) bond motifs is 2. The van der Waals surface area contributed by atoms with Gasteiger partial charge in [0, 0.05) is 41.4 Å². The number of benzene rings is 1. The van der Waals surface area contributed by atoms with Crippen LogP contribution in [0.15, 0.2) is 24.4 Å². The fraction of sp³-hybridized carbons (Fsp3) is 0.400. The van der Waals surface area contributed by atoms with E-state index in [0.717, 1.165) is 59.8 Å². The maximum absolute atomic E-state index is 13.6. The van der Waals surface area contributed by atoms with Gasteiger partial charge in [0.25, 0.3) is 5.91 Å². The molecule has 1 aromatic carbocycles. The van der Waals surface area contributed by atoms with Crippen LogP contribution in [0.25, 0.3) is 10.9 Å². The van der Waals surface area contributed by atoms with Gasteiger partial charge in [-0.1, -0.05) is 0 Å². The van der Waals surface area contributed by atoms with E-state index in [0.29, 0.717) is 24.7 Å². The average molecular weight is 352 g/mol. The average Bonchev–Trinajstić information content (AvgIpc) is 3.36. The summed E-state index contributed by atoms with van der Waals surface area (Å²) in [5.41, 5.74) is 4.98. The SMILES string of the molecule is O=C(c1n[nH]c2c1CCC2)N1CCC(c2c[nH]c3ccc(F)cc23)CC1. The number of nitrogens with zero attached hydrogens (tertiary/aromatic N) is 2. The molecule has 5 rings (SSSR count). The molecule has 0 radical (unpaired) electrons. The number of likely N-dealkylation sites (tertiary alicyclic amines) is 1. The Morgan fingerprint density at radius 3 is 2.92 bits per heavy atom. The second-order valence-corrected chi connectivity index (χ2v) is 7.38. The number of rotatable bonds is 2. The van der Waals surface area contributed by atoms with E-state index in [1.54, 1.807) is 12.1 Å². The number of H-pyrrole nitrogens is 2. The predicted octanol–water partition coefficient (Wildman–Crippen LogP) is 3.54. The van der Waals surface area contributed by atoms with Crippen LogP contribution in [0.4, 0.5) is 4.39 Å². The van der Waals surface area contributed by atoms with Crippen LogP contribution >= 0.6 is 0 Å². The molecule has 2 aliphatic rings. The highest BCUT2D eigenvalue weighted by Crippen LogP contribution is 2.34. The number of aryl methyl sites for hydroxylation is 1. The number of hydrogen-bond acceptors (Lipinski definition) is 2. The number of halogens is 1. The Morgan fingerprint density at radius 1 is 1.23 bits per heavy atom. The first-order valence-electron chi connectivity index (χ1n) is 9.32. The molecule has 1 aliphatic heterocycles. The standard InChI is InChI=1S/C20H21FN4O/c21-13-4-5-17-15(10-13)16(11-22-17)12-6-8-25(9-7-12)20(26)19-14-2-1-3-18(14)23-24-19/h4-5,10-12,22H,1-3,6-9H2,(H,23,24). The maximum Gasteiger partial charge on any atom is 0.274 e. The van der Waals surface area contributed by atoms with Crippen molar-refractivity contribution in [2.45, 2.75) is 38.0 Å². The van der Waals surface area contributed by atoms with Gasteiger partial charge in [-0.15, -0.1) is 0 Å². The Bertz CT molecular complexity index is 981. The molecule has 1 fully saturated rings. The molecule has 3 aromatic rings. The first-order chi connectivity index (χ1) is 12.7. The Labute approximate surface area is 150 Å². The number of aromatic nitrogens is 3. The van der Waals surface area contributed by atoms with Gasteiger partial charge in [-0.25, -0.2) is 4.39 Å². The Hall–Kier alpha value is -2.63. The van der Waals surface area contributed by atoms with Crippen molar-refractivity contribution >= 4 is 16.8 Å². The molecule has 0 spiro atoms. The van der Waals surface area contributed by atoms with Gasteiger partial charge in [-0.3, -0.25) is 9.89 Å². The number of hydrogen-bond donors (Lipinski definition) is 2. The Kier molecular flexibility index (Phi) is 3.58. The molecule has 1 saturated heterocycles. The Balaban J connectivity index is 1.32. The molecule has 2 N–H and O–H groups in total. The second-order valence-electron chi connectivity index (χ2n) is 7.38. The summed E-state index contributed by atoms with van der Waals surface area (Å²) in [4.78, 5) is 18.0. The fourth-order valence-corrected chi connectivity index (χ4v) is 4.49. The molecule has 26 heavy (non-hydrogen) atoms. The smallest absolute Gasteiger partial charge is 0.274 e. The van der Waals surface area contributed by atoms with Gasteiger partial charge in [0.15, 0.2) is 5.69 Å². The van der Waals surface area contributed by atoms with Gasteiger partial charge >= 0.3 is 0 Å². The van der Waals surface area contributed by atoms with Crippen molar-refractivity contribution in [2.24, 2.45) is 0 Å². The third-order valence-corrected chi connectivity index (χ3v) is 5.91. The minimum absolute atomic E-state index is 0.0489. The lowest BCUT2D eigenvalue weighted by atomic mass is 9.89. The molecule has 6 heteroatoms. The van der Waals surface area contributed by atoms with E-state index in [9.17, 15) is 9.18 Å². The molecule has 5 nitrogen and oxygen atoms in total. The zero-order valence-electron chi connectivity index (χ0n) is 14.5. The highest BCUT2D eigenvalue weighted by molar-refractivity contribution is 5.94. The topological polar surface area (TPSA) is 64.8 Å². The minimum atomic E-state index is -0.210. The van der Waals surface area contributed by atoms with Gasteiger partial charge in [0.05, 0.1) is 0 Å². The molecule has 0 saturated carbocycles. The largest absolute Gasteiger partial charge is 0.361 e. The van der Waals surface area contributed by atoms with Crippen LogP contribution in [0.2, 0.25) is 0 Å². The van der Waals surface area contributed by atoms with Crippen molar-refractivity contribution in [3.63, 3.8) is 0 Å². The lowest BCUT2D eigenvalue weighted by Crippen LogP contribution is -2.38. The van der Waals surface area contributed by atoms with Crippen molar-refractivity contribution < 1.29 is 9.18 Å². The first kappa shape index (κ1) is 15.6. The van der Waals surface area contributed by atoms with E-state index in [1.165, 1.54) is 6.07 Å². The van der Waals surface area contributed by atoms with Crippen molar-refractivity contribution in [1.82, 2.24) is 20.1 Å². The normalized spacial score (nSPS) is 17.8. The van der Waals surface area contributed by atoms with Crippen molar-refractivity contribution in [3.8, 4) is 0 Å². The van der Waals surface area contributed by atoms with Gasteiger partial charge in [-0.05, 0) is 61.8 Å². The number of piperidine rings is 1. The lowest BCUT2D eigenvalue weighted by Gasteiger charge is -2.31.